The molecule has 1 aromatic rings. The minimum Gasteiger partial charge on any atom is -0.481 e. The predicted molar refractivity (Wildman–Crippen MR) is 76.3 cm³/mol. The molecule has 108 valence electrons. The number of benzene rings is 1. The summed E-state index contributed by atoms with van der Waals surface area (Å²) in [5, 5.41) is 12.2. The number of aliphatic carboxylic acids is 1. The SMILES string of the molecule is O=C(Cc1ccccc1)NC1CCCCCC1C(=O)O. The zero-order valence-electron chi connectivity index (χ0n) is 11.5. The summed E-state index contributed by atoms with van der Waals surface area (Å²) < 4.78 is 0. The van der Waals surface area contributed by atoms with Crippen molar-refractivity contribution in [3.8, 4) is 0 Å². The van der Waals surface area contributed by atoms with E-state index in [0.29, 0.717) is 12.8 Å². The fourth-order valence-corrected chi connectivity index (χ4v) is 2.82. The number of hydrogen-bond donors (Lipinski definition) is 2. The zero-order chi connectivity index (χ0) is 14.4. The molecule has 0 saturated heterocycles. The molecule has 1 fully saturated rings. The van der Waals surface area contributed by atoms with Crippen molar-refractivity contribution in [2.75, 3.05) is 0 Å². The van der Waals surface area contributed by atoms with E-state index >= 15 is 0 Å². The minimum atomic E-state index is -0.795. The summed E-state index contributed by atoms with van der Waals surface area (Å²) in [6.07, 6.45) is 4.70. The summed E-state index contributed by atoms with van der Waals surface area (Å²) in [5.41, 5.74) is 0.950. The van der Waals surface area contributed by atoms with Gasteiger partial charge in [-0.1, -0.05) is 49.6 Å². The second-order valence-corrected chi connectivity index (χ2v) is 5.42. The Morgan fingerprint density at radius 3 is 2.50 bits per heavy atom. The molecule has 20 heavy (non-hydrogen) atoms. The van der Waals surface area contributed by atoms with Crippen molar-refractivity contribution in [2.45, 2.75) is 44.6 Å². The maximum atomic E-state index is 12.1. The third-order valence-corrected chi connectivity index (χ3v) is 3.89. The Morgan fingerprint density at radius 1 is 1.10 bits per heavy atom. The van der Waals surface area contributed by atoms with Crippen LogP contribution in [0, 0.1) is 5.92 Å². The molecule has 0 radical (unpaired) electrons. The third-order valence-electron chi connectivity index (χ3n) is 3.89. The first kappa shape index (κ1) is 14.6. The summed E-state index contributed by atoms with van der Waals surface area (Å²) in [7, 11) is 0. The van der Waals surface area contributed by atoms with E-state index in [-0.39, 0.29) is 11.9 Å². The van der Waals surface area contributed by atoms with Gasteiger partial charge in [0.1, 0.15) is 0 Å². The van der Waals surface area contributed by atoms with Crippen LogP contribution < -0.4 is 5.32 Å². The highest BCUT2D eigenvalue weighted by atomic mass is 16.4. The molecule has 1 aliphatic carbocycles. The number of carbonyl (C=O) groups is 2. The Balaban J connectivity index is 1.95. The van der Waals surface area contributed by atoms with Crippen LogP contribution in [-0.2, 0) is 16.0 Å². The van der Waals surface area contributed by atoms with Gasteiger partial charge in [0, 0.05) is 6.04 Å². The molecule has 1 aliphatic rings. The normalized spacial score (nSPS) is 22.8. The van der Waals surface area contributed by atoms with Crippen LogP contribution in [-0.4, -0.2) is 23.0 Å². The van der Waals surface area contributed by atoms with Gasteiger partial charge < -0.3 is 10.4 Å². The molecule has 4 heteroatoms. The summed E-state index contributed by atoms with van der Waals surface area (Å²) in [5.74, 6) is -1.33. The highest BCUT2D eigenvalue weighted by Crippen LogP contribution is 2.23. The van der Waals surface area contributed by atoms with E-state index in [1.165, 1.54) is 0 Å². The maximum Gasteiger partial charge on any atom is 0.308 e. The molecule has 0 heterocycles. The van der Waals surface area contributed by atoms with Gasteiger partial charge in [0.2, 0.25) is 5.91 Å². The van der Waals surface area contributed by atoms with Gasteiger partial charge in [-0.2, -0.15) is 0 Å². The summed E-state index contributed by atoms with van der Waals surface area (Å²) in [6, 6.07) is 9.28. The molecule has 1 aromatic carbocycles. The fraction of sp³-hybridized carbons (Fsp3) is 0.500. The van der Waals surface area contributed by atoms with Crippen molar-refractivity contribution < 1.29 is 14.7 Å². The van der Waals surface area contributed by atoms with Crippen LogP contribution in [0.3, 0.4) is 0 Å². The fourth-order valence-electron chi connectivity index (χ4n) is 2.82. The van der Waals surface area contributed by atoms with Crippen LogP contribution in [0.1, 0.15) is 37.7 Å². The molecule has 4 nitrogen and oxygen atoms in total. The molecule has 2 N–H and O–H groups in total. The van der Waals surface area contributed by atoms with Crippen molar-refractivity contribution in [2.24, 2.45) is 5.92 Å². The lowest BCUT2D eigenvalue weighted by atomic mass is 9.94. The minimum absolute atomic E-state index is 0.0886. The number of amides is 1. The summed E-state index contributed by atoms with van der Waals surface area (Å²) in [6.45, 7) is 0. The molecular weight excluding hydrogens is 254 g/mol. The smallest absolute Gasteiger partial charge is 0.308 e. The Kier molecular flexibility index (Phi) is 5.16. The maximum absolute atomic E-state index is 12.1. The van der Waals surface area contributed by atoms with E-state index in [0.717, 1.165) is 31.2 Å². The van der Waals surface area contributed by atoms with E-state index < -0.39 is 11.9 Å². The Labute approximate surface area is 119 Å². The third kappa shape index (κ3) is 4.08. The zero-order valence-corrected chi connectivity index (χ0v) is 11.5. The molecule has 2 unspecified atom stereocenters. The van der Waals surface area contributed by atoms with E-state index in [1.807, 2.05) is 30.3 Å². The molecule has 1 amide bonds. The summed E-state index contributed by atoms with van der Waals surface area (Å²) in [4.78, 5) is 23.4. The topological polar surface area (TPSA) is 66.4 Å². The van der Waals surface area contributed by atoms with Crippen molar-refractivity contribution in [3.05, 3.63) is 35.9 Å². The standard InChI is InChI=1S/C16H21NO3/c18-15(11-12-7-3-1-4-8-12)17-14-10-6-2-5-9-13(14)16(19)20/h1,3-4,7-8,13-14H,2,5-6,9-11H2,(H,17,18)(H,19,20). The second-order valence-electron chi connectivity index (χ2n) is 5.42. The van der Waals surface area contributed by atoms with Crippen LogP contribution in [0.25, 0.3) is 0 Å². The van der Waals surface area contributed by atoms with Crippen molar-refractivity contribution in [1.82, 2.24) is 5.32 Å². The highest BCUT2D eigenvalue weighted by molar-refractivity contribution is 5.80. The molecule has 0 aliphatic heterocycles. The Morgan fingerprint density at radius 2 is 1.80 bits per heavy atom. The number of hydrogen-bond acceptors (Lipinski definition) is 2. The van der Waals surface area contributed by atoms with Gasteiger partial charge in [0.15, 0.2) is 0 Å². The lowest BCUT2D eigenvalue weighted by Gasteiger charge is -2.22. The van der Waals surface area contributed by atoms with Gasteiger partial charge in [0.05, 0.1) is 12.3 Å². The number of carboxylic acid groups (broad SMARTS) is 1. The largest absolute Gasteiger partial charge is 0.481 e. The first-order chi connectivity index (χ1) is 9.66. The molecule has 2 rings (SSSR count). The highest BCUT2D eigenvalue weighted by Gasteiger charge is 2.30. The van der Waals surface area contributed by atoms with Crippen LogP contribution in [0.4, 0.5) is 0 Å². The van der Waals surface area contributed by atoms with Crippen LogP contribution in [0.2, 0.25) is 0 Å². The van der Waals surface area contributed by atoms with Gasteiger partial charge >= 0.3 is 5.97 Å². The lowest BCUT2D eigenvalue weighted by Crippen LogP contribution is -2.43. The van der Waals surface area contributed by atoms with Crippen LogP contribution >= 0.6 is 0 Å². The Hall–Kier alpha value is -1.84. The van der Waals surface area contributed by atoms with E-state index in [4.69, 9.17) is 0 Å². The van der Waals surface area contributed by atoms with Crippen LogP contribution in [0.5, 0.6) is 0 Å². The van der Waals surface area contributed by atoms with E-state index in [1.54, 1.807) is 0 Å². The lowest BCUT2D eigenvalue weighted by molar-refractivity contribution is -0.143. The van der Waals surface area contributed by atoms with Gasteiger partial charge in [-0.05, 0) is 18.4 Å². The molecule has 0 bridgehead atoms. The van der Waals surface area contributed by atoms with Gasteiger partial charge in [-0.3, -0.25) is 9.59 Å². The molecule has 2 atom stereocenters. The van der Waals surface area contributed by atoms with Crippen molar-refractivity contribution in [3.63, 3.8) is 0 Å². The number of carboxylic acids is 1. The first-order valence-corrected chi connectivity index (χ1v) is 7.23. The monoisotopic (exact) mass is 275 g/mol. The van der Waals surface area contributed by atoms with Crippen LogP contribution in [0.15, 0.2) is 30.3 Å². The summed E-state index contributed by atoms with van der Waals surface area (Å²) >= 11 is 0. The average Bonchev–Trinajstić information content (AvgIpc) is 2.65. The molecule has 0 spiro atoms. The first-order valence-electron chi connectivity index (χ1n) is 7.23. The van der Waals surface area contributed by atoms with Gasteiger partial charge in [-0.25, -0.2) is 0 Å². The van der Waals surface area contributed by atoms with E-state index in [9.17, 15) is 14.7 Å². The molecular formula is C16H21NO3. The van der Waals surface area contributed by atoms with Gasteiger partial charge in [-0.15, -0.1) is 0 Å². The van der Waals surface area contributed by atoms with Crippen molar-refractivity contribution >= 4 is 11.9 Å². The number of carbonyl (C=O) groups excluding carboxylic acids is 1. The van der Waals surface area contributed by atoms with E-state index in [2.05, 4.69) is 5.32 Å². The molecule has 0 aromatic heterocycles. The van der Waals surface area contributed by atoms with Gasteiger partial charge in [0.25, 0.3) is 0 Å². The Bertz CT molecular complexity index is 458. The van der Waals surface area contributed by atoms with Crippen molar-refractivity contribution in [1.29, 1.82) is 0 Å². The number of nitrogens with one attached hydrogen (secondary N) is 1. The average molecular weight is 275 g/mol. The second kappa shape index (κ2) is 7.08. The predicted octanol–water partition coefficient (Wildman–Crippen LogP) is 2.38. The quantitative estimate of drug-likeness (QED) is 0.829. The molecule has 1 saturated carbocycles. The number of rotatable bonds is 4.